The van der Waals surface area contributed by atoms with Crippen LogP contribution in [0.25, 0.3) is 10.8 Å². The molecule has 5 heteroatoms. The second-order valence-corrected chi connectivity index (χ2v) is 7.06. The van der Waals surface area contributed by atoms with Gasteiger partial charge in [0.15, 0.2) is 0 Å². The number of rotatable bonds is 5. The van der Waals surface area contributed by atoms with Gasteiger partial charge in [-0.3, -0.25) is 9.59 Å². The molecule has 1 unspecified atom stereocenters. The standard InChI is InChI=1S/C23H21FN2O2/c24-20-10-4-9-19-18(20)11-12-21(19)26-23(28)14-25-22(27)13-16-7-3-6-15-5-1-2-8-17(15)16/h1-10,21H,11-14H2,(H,25,27)(H,26,28). The number of hydrogen-bond donors (Lipinski definition) is 2. The molecular weight excluding hydrogens is 355 g/mol. The minimum Gasteiger partial charge on any atom is -0.348 e. The molecule has 1 aliphatic rings. The van der Waals surface area contributed by atoms with Gasteiger partial charge in [-0.2, -0.15) is 0 Å². The predicted octanol–water partition coefficient (Wildman–Crippen LogP) is 3.44. The molecule has 0 bridgehead atoms. The number of benzene rings is 3. The van der Waals surface area contributed by atoms with Crippen molar-refractivity contribution in [3.05, 3.63) is 83.2 Å². The van der Waals surface area contributed by atoms with Gasteiger partial charge >= 0.3 is 0 Å². The lowest BCUT2D eigenvalue weighted by Crippen LogP contribution is -2.38. The molecule has 2 N–H and O–H groups in total. The Balaban J connectivity index is 1.33. The van der Waals surface area contributed by atoms with Gasteiger partial charge in [0.25, 0.3) is 0 Å². The molecule has 0 aromatic heterocycles. The number of amides is 2. The molecule has 0 saturated heterocycles. The van der Waals surface area contributed by atoms with Crippen molar-refractivity contribution < 1.29 is 14.0 Å². The van der Waals surface area contributed by atoms with Crippen LogP contribution in [0.15, 0.2) is 60.7 Å². The van der Waals surface area contributed by atoms with E-state index in [1.807, 2.05) is 48.5 Å². The van der Waals surface area contributed by atoms with Gasteiger partial charge < -0.3 is 10.6 Å². The zero-order valence-corrected chi connectivity index (χ0v) is 15.4. The third-order valence-electron chi connectivity index (χ3n) is 5.23. The van der Waals surface area contributed by atoms with Crippen molar-refractivity contribution in [2.75, 3.05) is 6.54 Å². The lowest BCUT2D eigenvalue weighted by atomic mass is 10.0. The molecule has 0 aliphatic heterocycles. The van der Waals surface area contributed by atoms with Crippen molar-refractivity contribution in [1.82, 2.24) is 10.6 Å². The Kier molecular flexibility index (Phi) is 5.06. The van der Waals surface area contributed by atoms with Crippen LogP contribution in [-0.4, -0.2) is 18.4 Å². The highest BCUT2D eigenvalue weighted by molar-refractivity contribution is 5.91. The summed E-state index contributed by atoms with van der Waals surface area (Å²) in [6.07, 6.45) is 1.50. The number of fused-ring (bicyclic) bond motifs is 2. The third kappa shape index (κ3) is 3.74. The monoisotopic (exact) mass is 376 g/mol. The lowest BCUT2D eigenvalue weighted by Gasteiger charge is -2.15. The molecule has 4 nitrogen and oxygen atoms in total. The van der Waals surface area contributed by atoms with Crippen LogP contribution in [0.5, 0.6) is 0 Å². The fraction of sp³-hybridized carbons (Fsp3) is 0.217. The van der Waals surface area contributed by atoms with Crippen molar-refractivity contribution in [2.24, 2.45) is 0 Å². The van der Waals surface area contributed by atoms with E-state index in [4.69, 9.17) is 0 Å². The Hall–Kier alpha value is -3.21. The number of hydrogen-bond acceptors (Lipinski definition) is 2. The van der Waals surface area contributed by atoms with Crippen LogP contribution in [0.3, 0.4) is 0 Å². The molecule has 0 saturated carbocycles. The van der Waals surface area contributed by atoms with Gasteiger partial charge in [0.2, 0.25) is 11.8 Å². The number of carbonyl (C=O) groups excluding carboxylic acids is 2. The summed E-state index contributed by atoms with van der Waals surface area (Å²) in [5.74, 6) is -0.699. The third-order valence-corrected chi connectivity index (χ3v) is 5.23. The maximum absolute atomic E-state index is 13.8. The van der Waals surface area contributed by atoms with E-state index in [2.05, 4.69) is 10.6 Å². The van der Waals surface area contributed by atoms with Crippen molar-refractivity contribution in [3.8, 4) is 0 Å². The summed E-state index contributed by atoms with van der Waals surface area (Å²) in [6, 6.07) is 18.5. The normalized spacial score (nSPS) is 15.2. The molecule has 0 heterocycles. The van der Waals surface area contributed by atoms with E-state index in [1.54, 1.807) is 6.07 Å². The summed E-state index contributed by atoms with van der Waals surface area (Å²) in [4.78, 5) is 24.5. The molecule has 1 atom stereocenters. The summed E-state index contributed by atoms with van der Waals surface area (Å²) in [6.45, 7) is -0.0925. The molecule has 4 rings (SSSR count). The molecule has 142 valence electrons. The number of nitrogens with one attached hydrogen (secondary N) is 2. The van der Waals surface area contributed by atoms with Crippen molar-refractivity contribution >= 4 is 22.6 Å². The Morgan fingerprint density at radius 2 is 1.75 bits per heavy atom. The molecule has 1 aliphatic carbocycles. The van der Waals surface area contributed by atoms with Crippen molar-refractivity contribution in [1.29, 1.82) is 0 Å². The topological polar surface area (TPSA) is 58.2 Å². The maximum atomic E-state index is 13.8. The number of carbonyl (C=O) groups is 2. The van der Waals surface area contributed by atoms with E-state index in [0.717, 1.165) is 21.9 Å². The molecule has 0 spiro atoms. The Bertz CT molecular complexity index is 1040. The first-order valence-corrected chi connectivity index (χ1v) is 9.42. The average molecular weight is 376 g/mol. The minimum atomic E-state index is -0.270. The first-order chi connectivity index (χ1) is 13.6. The maximum Gasteiger partial charge on any atom is 0.239 e. The van der Waals surface area contributed by atoms with Crippen LogP contribution < -0.4 is 10.6 Å². The lowest BCUT2D eigenvalue weighted by molar-refractivity contribution is -0.126. The first-order valence-electron chi connectivity index (χ1n) is 9.42. The van der Waals surface area contributed by atoms with Crippen molar-refractivity contribution in [2.45, 2.75) is 25.3 Å². The molecule has 3 aromatic carbocycles. The highest BCUT2D eigenvalue weighted by Gasteiger charge is 2.26. The predicted molar refractivity (Wildman–Crippen MR) is 106 cm³/mol. The molecule has 0 fully saturated rings. The first kappa shape index (κ1) is 18.2. The second-order valence-electron chi connectivity index (χ2n) is 7.06. The smallest absolute Gasteiger partial charge is 0.239 e. The van der Waals surface area contributed by atoms with E-state index in [-0.39, 0.29) is 36.6 Å². The highest BCUT2D eigenvalue weighted by Crippen LogP contribution is 2.32. The summed E-state index contributed by atoms with van der Waals surface area (Å²) in [5, 5.41) is 7.69. The van der Waals surface area contributed by atoms with Crippen LogP contribution in [0.2, 0.25) is 0 Å². The largest absolute Gasteiger partial charge is 0.348 e. The quantitative estimate of drug-likeness (QED) is 0.717. The highest BCUT2D eigenvalue weighted by atomic mass is 19.1. The SMILES string of the molecule is O=C(Cc1cccc2ccccc12)NCC(=O)NC1CCc2c(F)cccc21. The molecule has 2 amide bonds. The fourth-order valence-corrected chi connectivity index (χ4v) is 3.87. The van der Waals surface area contributed by atoms with Gasteiger partial charge in [0.1, 0.15) is 5.82 Å². The van der Waals surface area contributed by atoms with Crippen LogP contribution >= 0.6 is 0 Å². The van der Waals surface area contributed by atoms with E-state index in [1.165, 1.54) is 6.07 Å². The fourth-order valence-electron chi connectivity index (χ4n) is 3.87. The summed E-state index contributed by atoms with van der Waals surface area (Å²) in [7, 11) is 0. The van der Waals surface area contributed by atoms with Crippen LogP contribution in [-0.2, 0) is 22.4 Å². The van der Waals surface area contributed by atoms with Crippen LogP contribution in [0, 0.1) is 5.82 Å². The van der Waals surface area contributed by atoms with Gasteiger partial charge in [0.05, 0.1) is 19.0 Å². The average Bonchev–Trinajstić information content (AvgIpc) is 3.11. The molecule has 28 heavy (non-hydrogen) atoms. The van der Waals surface area contributed by atoms with E-state index in [0.29, 0.717) is 18.4 Å². The van der Waals surface area contributed by atoms with E-state index in [9.17, 15) is 14.0 Å². The molecular formula is C23H21FN2O2. The van der Waals surface area contributed by atoms with Gasteiger partial charge in [-0.25, -0.2) is 4.39 Å². The number of halogens is 1. The Morgan fingerprint density at radius 1 is 0.964 bits per heavy atom. The van der Waals surface area contributed by atoms with Crippen LogP contribution in [0.4, 0.5) is 4.39 Å². The second kappa shape index (κ2) is 7.80. The summed E-state index contributed by atoms with van der Waals surface area (Å²) >= 11 is 0. The van der Waals surface area contributed by atoms with Gasteiger partial charge in [-0.1, -0.05) is 54.6 Å². The summed E-state index contributed by atoms with van der Waals surface area (Å²) < 4.78 is 13.8. The zero-order valence-electron chi connectivity index (χ0n) is 15.4. The van der Waals surface area contributed by atoms with E-state index < -0.39 is 0 Å². The van der Waals surface area contributed by atoms with Gasteiger partial charge in [0, 0.05) is 0 Å². The summed E-state index contributed by atoms with van der Waals surface area (Å²) in [5.41, 5.74) is 2.43. The van der Waals surface area contributed by atoms with Crippen molar-refractivity contribution in [3.63, 3.8) is 0 Å². The molecule has 0 radical (unpaired) electrons. The van der Waals surface area contributed by atoms with E-state index >= 15 is 0 Å². The van der Waals surface area contributed by atoms with Crippen LogP contribution in [0.1, 0.15) is 29.2 Å². The molecule has 3 aromatic rings. The Labute approximate surface area is 162 Å². The van der Waals surface area contributed by atoms with Gasteiger partial charge in [-0.05, 0) is 46.4 Å². The minimum absolute atomic E-state index is 0.0925. The van der Waals surface area contributed by atoms with Gasteiger partial charge in [-0.15, -0.1) is 0 Å². The Morgan fingerprint density at radius 3 is 2.64 bits per heavy atom. The zero-order chi connectivity index (χ0) is 19.5.